The Hall–Kier alpha value is -2.45. The molecular formula is C14H9F5O4. The predicted octanol–water partition coefficient (Wildman–Crippen LogP) is 2.69. The van der Waals surface area contributed by atoms with Gasteiger partial charge in [-0.2, -0.15) is 13.2 Å². The highest BCUT2D eigenvalue weighted by Crippen LogP contribution is 2.56. The molecule has 0 aromatic heterocycles. The van der Waals surface area contributed by atoms with Gasteiger partial charge in [0, 0.05) is 5.56 Å². The van der Waals surface area contributed by atoms with Crippen LogP contribution in [0.4, 0.5) is 22.0 Å². The highest BCUT2D eigenvalue weighted by atomic mass is 19.3. The highest BCUT2D eigenvalue weighted by Gasteiger charge is 2.75. The van der Waals surface area contributed by atoms with E-state index in [0.29, 0.717) is 0 Å². The van der Waals surface area contributed by atoms with Crippen molar-refractivity contribution < 1.29 is 41.4 Å². The molecule has 1 aromatic carbocycles. The number of carbonyl (C=O) groups excluding carboxylic acids is 1. The molecule has 0 spiro atoms. The fourth-order valence-corrected chi connectivity index (χ4v) is 2.20. The number of ether oxygens (including phenoxy) is 1. The number of alkyl halides is 5. The highest BCUT2D eigenvalue weighted by molar-refractivity contribution is 6.28. The number of carboxylic acid groups (broad SMARTS) is 1. The van der Waals surface area contributed by atoms with Crippen LogP contribution in [-0.4, -0.2) is 35.0 Å². The number of carboxylic acids is 1. The molecule has 0 aliphatic heterocycles. The van der Waals surface area contributed by atoms with Gasteiger partial charge in [0.1, 0.15) is 0 Å². The summed E-state index contributed by atoms with van der Waals surface area (Å²) in [7, 11) is 0. The third-order valence-electron chi connectivity index (χ3n) is 3.34. The van der Waals surface area contributed by atoms with Gasteiger partial charge in [0.05, 0.1) is 0 Å². The monoisotopic (exact) mass is 336 g/mol. The molecule has 0 bridgehead atoms. The molecule has 1 N–H and O–H groups in total. The van der Waals surface area contributed by atoms with Crippen molar-refractivity contribution in [2.24, 2.45) is 0 Å². The lowest BCUT2D eigenvalue weighted by molar-refractivity contribution is -0.290. The molecule has 3 unspecified atom stereocenters. The SMILES string of the molecule is O=C(O)C(=O)OC1(F)C=CC(F)C(F)(F)C1(F)c1ccccc1. The Bertz CT molecular complexity index is 662. The number of halogens is 5. The predicted molar refractivity (Wildman–Crippen MR) is 65.8 cm³/mol. The molecule has 2 rings (SSSR count). The molecule has 0 radical (unpaired) electrons. The second-order valence-corrected chi connectivity index (χ2v) is 4.75. The Kier molecular flexibility index (Phi) is 3.91. The number of hydrogen-bond acceptors (Lipinski definition) is 3. The summed E-state index contributed by atoms with van der Waals surface area (Å²) in [6.45, 7) is 0. The maximum absolute atomic E-state index is 15.1. The van der Waals surface area contributed by atoms with Crippen LogP contribution in [0.3, 0.4) is 0 Å². The minimum Gasteiger partial charge on any atom is -0.473 e. The van der Waals surface area contributed by atoms with E-state index in [1.165, 1.54) is 6.07 Å². The molecular weight excluding hydrogens is 327 g/mol. The number of allylic oxidation sites excluding steroid dienone is 1. The van der Waals surface area contributed by atoms with E-state index in [-0.39, 0.29) is 12.2 Å². The molecule has 0 saturated carbocycles. The van der Waals surface area contributed by atoms with Crippen LogP contribution in [0.2, 0.25) is 0 Å². The van der Waals surface area contributed by atoms with Crippen LogP contribution in [0.5, 0.6) is 0 Å². The Morgan fingerprint density at radius 2 is 1.65 bits per heavy atom. The van der Waals surface area contributed by atoms with E-state index >= 15 is 4.39 Å². The minimum absolute atomic E-state index is 0.0318. The molecule has 1 aliphatic rings. The molecule has 23 heavy (non-hydrogen) atoms. The summed E-state index contributed by atoms with van der Waals surface area (Å²) in [4.78, 5) is 21.5. The van der Waals surface area contributed by atoms with Gasteiger partial charge in [0.15, 0.2) is 6.17 Å². The first kappa shape index (κ1) is 16.9. The minimum atomic E-state index is -4.96. The van der Waals surface area contributed by atoms with Crippen molar-refractivity contribution in [2.75, 3.05) is 0 Å². The van der Waals surface area contributed by atoms with Crippen molar-refractivity contribution in [1.82, 2.24) is 0 Å². The Labute approximate surface area is 126 Å². The second kappa shape index (κ2) is 5.32. The second-order valence-electron chi connectivity index (χ2n) is 4.75. The Morgan fingerprint density at radius 1 is 1.09 bits per heavy atom. The average Bonchev–Trinajstić information content (AvgIpc) is 2.50. The summed E-state index contributed by atoms with van der Waals surface area (Å²) in [5.74, 6) is -13.8. The number of carbonyl (C=O) groups is 2. The lowest BCUT2D eigenvalue weighted by atomic mass is 9.76. The Balaban J connectivity index is 2.66. The quantitative estimate of drug-likeness (QED) is 0.390. The van der Waals surface area contributed by atoms with Crippen LogP contribution >= 0.6 is 0 Å². The topological polar surface area (TPSA) is 63.6 Å². The molecule has 0 heterocycles. The molecule has 1 aliphatic carbocycles. The van der Waals surface area contributed by atoms with Gasteiger partial charge in [-0.1, -0.05) is 30.3 Å². The van der Waals surface area contributed by atoms with Gasteiger partial charge in [-0.15, -0.1) is 0 Å². The van der Waals surface area contributed by atoms with Crippen LogP contribution in [-0.2, 0) is 20.0 Å². The molecule has 0 saturated heterocycles. The van der Waals surface area contributed by atoms with Gasteiger partial charge >= 0.3 is 23.7 Å². The van der Waals surface area contributed by atoms with Crippen LogP contribution in [0, 0.1) is 0 Å². The molecule has 1 aromatic rings. The summed E-state index contributed by atoms with van der Waals surface area (Å²) in [6, 6.07) is 4.95. The molecule has 3 atom stereocenters. The van der Waals surface area contributed by atoms with Gasteiger partial charge in [0.25, 0.3) is 5.67 Å². The van der Waals surface area contributed by atoms with Crippen molar-refractivity contribution in [3.63, 3.8) is 0 Å². The van der Waals surface area contributed by atoms with Crippen molar-refractivity contribution in [1.29, 1.82) is 0 Å². The van der Waals surface area contributed by atoms with Crippen molar-refractivity contribution in [2.45, 2.75) is 23.6 Å². The van der Waals surface area contributed by atoms with Crippen LogP contribution < -0.4 is 0 Å². The molecule has 0 amide bonds. The first-order valence-electron chi connectivity index (χ1n) is 6.17. The van der Waals surface area contributed by atoms with E-state index in [2.05, 4.69) is 4.74 Å². The molecule has 4 nitrogen and oxygen atoms in total. The first-order valence-corrected chi connectivity index (χ1v) is 6.17. The van der Waals surface area contributed by atoms with Gasteiger partial charge in [0.2, 0.25) is 0 Å². The summed E-state index contributed by atoms with van der Waals surface area (Å²) < 4.78 is 75.4. The van der Waals surface area contributed by atoms with E-state index in [4.69, 9.17) is 5.11 Å². The zero-order valence-electron chi connectivity index (χ0n) is 11.2. The number of hydrogen-bond donors (Lipinski definition) is 1. The average molecular weight is 336 g/mol. The zero-order chi connectivity index (χ0) is 17.5. The van der Waals surface area contributed by atoms with Gasteiger partial charge in [-0.05, 0) is 12.2 Å². The van der Waals surface area contributed by atoms with Crippen LogP contribution in [0.25, 0.3) is 0 Å². The third-order valence-corrected chi connectivity index (χ3v) is 3.34. The molecule has 0 fully saturated rings. The number of benzene rings is 1. The third kappa shape index (κ3) is 2.36. The lowest BCUT2D eigenvalue weighted by Gasteiger charge is -2.44. The van der Waals surface area contributed by atoms with E-state index < -0.39 is 41.1 Å². The molecule has 9 heteroatoms. The van der Waals surface area contributed by atoms with Gasteiger partial charge in [-0.3, -0.25) is 0 Å². The fraction of sp³-hybridized carbons (Fsp3) is 0.286. The Morgan fingerprint density at radius 3 is 2.17 bits per heavy atom. The zero-order valence-corrected chi connectivity index (χ0v) is 11.2. The van der Waals surface area contributed by atoms with Crippen LogP contribution in [0.1, 0.15) is 5.56 Å². The normalized spacial score (nSPS) is 32.3. The van der Waals surface area contributed by atoms with Crippen molar-refractivity contribution in [3.8, 4) is 0 Å². The lowest BCUT2D eigenvalue weighted by Crippen LogP contribution is -2.63. The van der Waals surface area contributed by atoms with Crippen molar-refractivity contribution >= 4 is 11.9 Å². The largest absolute Gasteiger partial charge is 0.473 e. The van der Waals surface area contributed by atoms with Gasteiger partial charge in [-0.25, -0.2) is 18.4 Å². The van der Waals surface area contributed by atoms with Crippen LogP contribution in [0.15, 0.2) is 42.5 Å². The van der Waals surface area contributed by atoms with E-state index in [0.717, 1.165) is 24.3 Å². The molecule has 124 valence electrons. The number of rotatable bonds is 2. The van der Waals surface area contributed by atoms with Crippen molar-refractivity contribution in [3.05, 3.63) is 48.0 Å². The number of aliphatic carboxylic acids is 1. The smallest absolute Gasteiger partial charge is 0.420 e. The number of esters is 1. The van der Waals surface area contributed by atoms with E-state index in [1.807, 2.05) is 0 Å². The standard InChI is InChI=1S/C14H9F5O4/c15-9-6-7-12(16,23-11(22)10(20)21)13(17,14(9,18)19)8-4-2-1-3-5-8/h1-7,9H,(H,20,21). The summed E-state index contributed by atoms with van der Waals surface area (Å²) in [5, 5.41) is 8.40. The summed E-state index contributed by atoms with van der Waals surface area (Å²) >= 11 is 0. The maximum Gasteiger partial charge on any atom is 0.420 e. The summed E-state index contributed by atoms with van der Waals surface area (Å²) in [6.07, 6.45) is -3.31. The van der Waals surface area contributed by atoms with E-state index in [1.54, 1.807) is 0 Å². The van der Waals surface area contributed by atoms with E-state index in [9.17, 15) is 27.2 Å². The first-order chi connectivity index (χ1) is 10.6. The van der Waals surface area contributed by atoms with Gasteiger partial charge < -0.3 is 9.84 Å². The summed E-state index contributed by atoms with van der Waals surface area (Å²) in [5.41, 5.74) is -5.47. The fourth-order valence-electron chi connectivity index (χ4n) is 2.20. The maximum atomic E-state index is 15.1.